The van der Waals surface area contributed by atoms with E-state index in [2.05, 4.69) is 5.32 Å². The van der Waals surface area contributed by atoms with Gasteiger partial charge in [0, 0.05) is 11.1 Å². The standard InChI is InChI=1S/C23H27NO4/c1-13-7-8-19(10-15(13)3)23(27)24-12-21(25)28-18(6)22(26)20-11-16(4)14(2)9-17(20)5/h7-11,18H,12H2,1-6H3,(H,24,27)/t18-/m1/s1. The van der Waals surface area contributed by atoms with Crippen molar-refractivity contribution >= 4 is 17.7 Å². The number of Topliss-reactive ketones (excluding diaryl/α,β-unsaturated/α-hetero) is 1. The number of esters is 1. The first kappa shape index (κ1) is 21.4. The number of carbonyl (C=O) groups is 3. The molecule has 28 heavy (non-hydrogen) atoms. The van der Waals surface area contributed by atoms with E-state index in [1.165, 1.54) is 0 Å². The molecule has 0 saturated heterocycles. The molecular weight excluding hydrogens is 354 g/mol. The Hall–Kier alpha value is -2.95. The molecule has 5 heteroatoms. The van der Waals surface area contributed by atoms with Crippen LogP contribution in [-0.4, -0.2) is 30.3 Å². The Morgan fingerprint density at radius 2 is 1.46 bits per heavy atom. The number of ketones is 1. The van der Waals surface area contributed by atoms with Crippen LogP contribution in [0.5, 0.6) is 0 Å². The molecule has 0 aliphatic heterocycles. The second-order valence-corrected chi connectivity index (χ2v) is 7.23. The summed E-state index contributed by atoms with van der Waals surface area (Å²) in [4.78, 5) is 36.9. The van der Waals surface area contributed by atoms with E-state index in [4.69, 9.17) is 4.74 Å². The molecule has 2 rings (SSSR count). The Kier molecular flexibility index (Phi) is 6.73. The van der Waals surface area contributed by atoms with E-state index in [9.17, 15) is 14.4 Å². The van der Waals surface area contributed by atoms with Crippen LogP contribution in [0, 0.1) is 34.6 Å². The fourth-order valence-electron chi connectivity index (χ4n) is 2.87. The molecule has 0 spiro atoms. The molecule has 0 fully saturated rings. The van der Waals surface area contributed by atoms with Crippen molar-refractivity contribution in [3.05, 3.63) is 69.3 Å². The summed E-state index contributed by atoms with van der Waals surface area (Å²) in [5, 5.41) is 2.53. The molecule has 148 valence electrons. The van der Waals surface area contributed by atoms with E-state index >= 15 is 0 Å². The number of ether oxygens (including phenoxy) is 1. The van der Waals surface area contributed by atoms with E-state index in [-0.39, 0.29) is 18.2 Å². The van der Waals surface area contributed by atoms with Crippen LogP contribution in [0.2, 0.25) is 0 Å². The first-order valence-corrected chi connectivity index (χ1v) is 9.27. The first-order valence-electron chi connectivity index (χ1n) is 9.27. The molecule has 0 bridgehead atoms. The van der Waals surface area contributed by atoms with Crippen LogP contribution in [0.1, 0.15) is 55.5 Å². The van der Waals surface area contributed by atoms with Crippen LogP contribution >= 0.6 is 0 Å². The highest BCUT2D eigenvalue weighted by atomic mass is 16.5. The van der Waals surface area contributed by atoms with Gasteiger partial charge in [0.25, 0.3) is 5.91 Å². The molecule has 0 heterocycles. The van der Waals surface area contributed by atoms with Crippen molar-refractivity contribution in [2.24, 2.45) is 0 Å². The number of hydrogen-bond acceptors (Lipinski definition) is 4. The van der Waals surface area contributed by atoms with Gasteiger partial charge in [0.1, 0.15) is 6.54 Å². The molecule has 0 radical (unpaired) electrons. The maximum atomic E-state index is 12.6. The van der Waals surface area contributed by atoms with Gasteiger partial charge in [0.15, 0.2) is 6.10 Å². The summed E-state index contributed by atoms with van der Waals surface area (Å²) >= 11 is 0. The molecular formula is C23H27NO4. The topological polar surface area (TPSA) is 72.5 Å². The first-order chi connectivity index (χ1) is 13.1. The minimum absolute atomic E-state index is 0.255. The van der Waals surface area contributed by atoms with Gasteiger partial charge in [-0.3, -0.25) is 14.4 Å². The van der Waals surface area contributed by atoms with Gasteiger partial charge in [0.2, 0.25) is 5.78 Å². The number of amides is 1. The summed E-state index contributed by atoms with van der Waals surface area (Å²) in [5.74, 6) is -1.27. The van der Waals surface area contributed by atoms with Crippen molar-refractivity contribution < 1.29 is 19.1 Å². The predicted octanol–water partition coefficient (Wildman–Crippen LogP) is 3.77. The Morgan fingerprint density at radius 1 is 0.857 bits per heavy atom. The second-order valence-electron chi connectivity index (χ2n) is 7.23. The third kappa shape index (κ3) is 5.06. The van der Waals surface area contributed by atoms with Gasteiger partial charge in [-0.15, -0.1) is 0 Å². The van der Waals surface area contributed by atoms with Crippen molar-refractivity contribution in [2.75, 3.05) is 6.54 Å². The molecule has 1 atom stereocenters. The fourth-order valence-corrected chi connectivity index (χ4v) is 2.87. The largest absolute Gasteiger partial charge is 0.453 e. The van der Waals surface area contributed by atoms with E-state index in [1.807, 2.05) is 52.8 Å². The molecule has 1 amide bonds. The molecule has 2 aromatic rings. The quantitative estimate of drug-likeness (QED) is 0.611. The zero-order valence-corrected chi connectivity index (χ0v) is 17.3. The third-order valence-corrected chi connectivity index (χ3v) is 4.95. The van der Waals surface area contributed by atoms with Crippen LogP contribution in [0.4, 0.5) is 0 Å². The lowest BCUT2D eigenvalue weighted by atomic mass is 9.96. The number of nitrogens with one attached hydrogen (secondary N) is 1. The van der Waals surface area contributed by atoms with Gasteiger partial charge >= 0.3 is 5.97 Å². The SMILES string of the molecule is Cc1ccc(C(=O)NCC(=O)O[C@H](C)C(=O)c2cc(C)c(C)cc2C)cc1C. The fraction of sp³-hybridized carbons (Fsp3) is 0.348. The summed E-state index contributed by atoms with van der Waals surface area (Å²) < 4.78 is 5.22. The number of aryl methyl sites for hydroxylation is 5. The smallest absolute Gasteiger partial charge is 0.326 e. The summed E-state index contributed by atoms with van der Waals surface area (Å²) in [6.45, 7) is 10.9. The lowest BCUT2D eigenvalue weighted by Crippen LogP contribution is -2.34. The Morgan fingerprint density at radius 3 is 2.11 bits per heavy atom. The monoisotopic (exact) mass is 381 g/mol. The zero-order chi connectivity index (χ0) is 21.0. The summed E-state index contributed by atoms with van der Waals surface area (Å²) in [6.07, 6.45) is -0.924. The third-order valence-electron chi connectivity index (χ3n) is 4.95. The molecule has 0 aromatic heterocycles. The van der Waals surface area contributed by atoms with Gasteiger partial charge in [-0.2, -0.15) is 0 Å². The highest BCUT2D eigenvalue weighted by Crippen LogP contribution is 2.18. The molecule has 0 aliphatic carbocycles. The van der Waals surface area contributed by atoms with Crippen molar-refractivity contribution in [3.63, 3.8) is 0 Å². The molecule has 0 aliphatic rings. The van der Waals surface area contributed by atoms with Crippen LogP contribution < -0.4 is 5.32 Å². The number of benzene rings is 2. The molecule has 0 saturated carbocycles. The van der Waals surface area contributed by atoms with Gasteiger partial charge < -0.3 is 10.1 Å². The van der Waals surface area contributed by atoms with Crippen LogP contribution in [-0.2, 0) is 9.53 Å². The lowest BCUT2D eigenvalue weighted by Gasteiger charge is -2.15. The predicted molar refractivity (Wildman–Crippen MR) is 109 cm³/mol. The van der Waals surface area contributed by atoms with E-state index in [0.29, 0.717) is 11.1 Å². The summed E-state index contributed by atoms with van der Waals surface area (Å²) in [5.41, 5.74) is 6.07. The molecule has 0 unspecified atom stereocenters. The minimum Gasteiger partial charge on any atom is -0.453 e. The maximum absolute atomic E-state index is 12.6. The Balaban J connectivity index is 1.95. The average molecular weight is 381 g/mol. The van der Waals surface area contributed by atoms with Crippen molar-refractivity contribution in [3.8, 4) is 0 Å². The van der Waals surface area contributed by atoms with Crippen molar-refractivity contribution in [1.29, 1.82) is 0 Å². The van der Waals surface area contributed by atoms with Crippen LogP contribution in [0.3, 0.4) is 0 Å². The number of rotatable bonds is 6. The maximum Gasteiger partial charge on any atom is 0.326 e. The Labute approximate surface area is 166 Å². The molecule has 1 N–H and O–H groups in total. The van der Waals surface area contributed by atoms with Crippen LogP contribution in [0.15, 0.2) is 30.3 Å². The zero-order valence-electron chi connectivity index (χ0n) is 17.3. The van der Waals surface area contributed by atoms with Gasteiger partial charge in [-0.1, -0.05) is 12.1 Å². The van der Waals surface area contributed by atoms with Crippen LogP contribution in [0.25, 0.3) is 0 Å². The average Bonchev–Trinajstić information content (AvgIpc) is 2.64. The number of hydrogen-bond donors (Lipinski definition) is 1. The van der Waals surface area contributed by atoms with E-state index in [1.54, 1.807) is 19.1 Å². The lowest BCUT2D eigenvalue weighted by molar-refractivity contribution is -0.145. The van der Waals surface area contributed by atoms with E-state index in [0.717, 1.165) is 27.8 Å². The van der Waals surface area contributed by atoms with Gasteiger partial charge in [0.05, 0.1) is 0 Å². The summed E-state index contributed by atoms with van der Waals surface area (Å²) in [7, 11) is 0. The summed E-state index contributed by atoms with van der Waals surface area (Å²) in [6, 6.07) is 9.09. The number of carbonyl (C=O) groups excluding carboxylic acids is 3. The van der Waals surface area contributed by atoms with Gasteiger partial charge in [-0.05, 0) is 87.6 Å². The molecule has 5 nitrogen and oxygen atoms in total. The highest BCUT2D eigenvalue weighted by molar-refractivity contribution is 6.02. The van der Waals surface area contributed by atoms with Crippen molar-refractivity contribution in [2.45, 2.75) is 47.6 Å². The molecule has 2 aromatic carbocycles. The van der Waals surface area contributed by atoms with Crippen molar-refractivity contribution in [1.82, 2.24) is 5.32 Å². The Bertz CT molecular complexity index is 930. The normalized spacial score (nSPS) is 11.6. The van der Waals surface area contributed by atoms with Gasteiger partial charge in [-0.25, -0.2) is 0 Å². The van der Waals surface area contributed by atoms with E-state index < -0.39 is 12.1 Å². The second kappa shape index (κ2) is 8.83. The minimum atomic E-state index is -0.924. The highest BCUT2D eigenvalue weighted by Gasteiger charge is 2.22.